The van der Waals surface area contributed by atoms with Crippen LogP contribution >= 0.6 is 0 Å². The fourth-order valence-electron chi connectivity index (χ4n) is 2.87. The molecule has 1 saturated heterocycles. The van der Waals surface area contributed by atoms with E-state index in [2.05, 4.69) is 6.92 Å². The highest BCUT2D eigenvalue weighted by molar-refractivity contribution is 4.72. The van der Waals surface area contributed by atoms with E-state index in [1.807, 2.05) is 13.8 Å². The molecular formula is C17H34O3. The summed E-state index contributed by atoms with van der Waals surface area (Å²) in [5.41, 5.74) is -0.449. The van der Waals surface area contributed by atoms with E-state index in [0.29, 0.717) is 0 Å². The van der Waals surface area contributed by atoms with Crippen molar-refractivity contribution < 1.29 is 14.6 Å². The zero-order valence-corrected chi connectivity index (χ0v) is 13.7. The first kappa shape index (κ1) is 17.9. The van der Waals surface area contributed by atoms with Crippen LogP contribution in [-0.2, 0) is 9.47 Å². The summed E-state index contributed by atoms with van der Waals surface area (Å²) < 4.78 is 11.2. The maximum absolute atomic E-state index is 10.2. The molecule has 0 aromatic rings. The van der Waals surface area contributed by atoms with E-state index < -0.39 is 5.60 Å². The van der Waals surface area contributed by atoms with Gasteiger partial charge < -0.3 is 14.6 Å². The predicted octanol–water partition coefficient (Wildman–Crippen LogP) is 4.42. The van der Waals surface area contributed by atoms with Gasteiger partial charge in [-0.05, 0) is 33.1 Å². The molecule has 1 rings (SSSR count). The Kier molecular flexibility index (Phi) is 8.08. The third-order valence-corrected chi connectivity index (χ3v) is 4.31. The molecule has 120 valence electrons. The molecule has 3 heteroatoms. The molecule has 1 fully saturated rings. The summed E-state index contributed by atoms with van der Waals surface area (Å²) in [5, 5.41) is 10.2. The molecule has 0 bridgehead atoms. The van der Waals surface area contributed by atoms with Crippen molar-refractivity contribution in [3.05, 3.63) is 0 Å². The molecule has 1 aliphatic rings. The molecule has 1 unspecified atom stereocenters. The van der Waals surface area contributed by atoms with Crippen LogP contribution in [0.2, 0.25) is 0 Å². The van der Waals surface area contributed by atoms with Gasteiger partial charge in [0, 0.05) is 6.42 Å². The minimum absolute atomic E-state index is 0.316. The summed E-state index contributed by atoms with van der Waals surface area (Å²) in [7, 11) is 0. The summed E-state index contributed by atoms with van der Waals surface area (Å²) in [6, 6.07) is 0. The van der Waals surface area contributed by atoms with Crippen LogP contribution in [0.15, 0.2) is 0 Å². The first-order valence-electron chi connectivity index (χ1n) is 8.48. The number of hydrogen-bond acceptors (Lipinski definition) is 3. The quantitative estimate of drug-likeness (QED) is 0.571. The van der Waals surface area contributed by atoms with Gasteiger partial charge in [0.15, 0.2) is 5.79 Å². The van der Waals surface area contributed by atoms with Crippen LogP contribution in [0, 0.1) is 0 Å². The number of unbranched alkanes of at least 4 members (excludes halogenated alkanes) is 5. The van der Waals surface area contributed by atoms with Gasteiger partial charge in [-0.1, -0.05) is 45.4 Å². The second-order valence-corrected chi connectivity index (χ2v) is 6.70. The standard InChI is InChI=1S/C17H34O3/c1-4-5-11-16(2,18)12-9-7-6-8-10-13-17(3)19-14-15-20-17/h18H,4-15H2,1-3H3. The van der Waals surface area contributed by atoms with Crippen LogP contribution < -0.4 is 0 Å². The van der Waals surface area contributed by atoms with E-state index in [1.165, 1.54) is 32.1 Å². The molecule has 3 nitrogen and oxygen atoms in total. The highest BCUT2D eigenvalue weighted by Crippen LogP contribution is 2.26. The molecule has 0 aliphatic carbocycles. The van der Waals surface area contributed by atoms with Gasteiger partial charge in [0.1, 0.15) is 0 Å². The fourth-order valence-corrected chi connectivity index (χ4v) is 2.87. The van der Waals surface area contributed by atoms with Crippen molar-refractivity contribution >= 4 is 0 Å². The molecule has 0 radical (unpaired) electrons. The third kappa shape index (κ3) is 7.61. The first-order valence-corrected chi connectivity index (χ1v) is 8.48. The van der Waals surface area contributed by atoms with Crippen molar-refractivity contribution in [2.45, 2.75) is 96.4 Å². The number of rotatable bonds is 11. The summed E-state index contributed by atoms with van der Waals surface area (Å²) >= 11 is 0. The Morgan fingerprint density at radius 1 is 0.950 bits per heavy atom. The lowest BCUT2D eigenvalue weighted by Crippen LogP contribution is -2.25. The Morgan fingerprint density at radius 2 is 1.50 bits per heavy atom. The average Bonchev–Trinajstić information content (AvgIpc) is 2.82. The lowest BCUT2D eigenvalue weighted by atomic mass is 9.92. The maximum Gasteiger partial charge on any atom is 0.165 e. The smallest absolute Gasteiger partial charge is 0.165 e. The second kappa shape index (κ2) is 9.01. The van der Waals surface area contributed by atoms with E-state index in [4.69, 9.17) is 9.47 Å². The topological polar surface area (TPSA) is 38.7 Å². The number of ether oxygens (including phenoxy) is 2. The SMILES string of the molecule is CCCCC(C)(O)CCCCCCCC1(C)OCCO1. The van der Waals surface area contributed by atoms with Crippen LogP contribution in [0.25, 0.3) is 0 Å². The Bertz CT molecular complexity index is 245. The molecular weight excluding hydrogens is 252 g/mol. The van der Waals surface area contributed by atoms with Crippen LogP contribution in [0.4, 0.5) is 0 Å². The molecule has 0 aromatic carbocycles. The van der Waals surface area contributed by atoms with Crippen molar-refractivity contribution in [2.75, 3.05) is 13.2 Å². The molecule has 20 heavy (non-hydrogen) atoms. The Morgan fingerprint density at radius 3 is 2.15 bits per heavy atom. The van der Waals surface area contributed by atoms with Crippen LogP contribution in [0.3, 0.4) is 0 Å². The maximum atomic E-state index is 10.2. The zero-order chi connectivity index (χ0) is 14.9. The average molecular weight is 286 g/mol. The van der Waals surface area contributed by atoms with Gasteiger partial charge in [-0.25, -0.2) is 0 Å². The lowest BCUT2D eigenvalue weighted by Gasteiger charge is -2.23. The molecule has 1 N–H and O–H groups in total. The highest BCUT2D eigenvalue weighted by Gasteiger charge is 2.29. The van der Waals surface area contributed by atoms with E-state index in [-0.39, 0.29) is 5.79 Å². The van der Waals surface area contributed by atoms with Gasteiger partial charge in [0.05, 0.1) is 18.8 Å². The zero-order valence-electron chi connectivity index (χ0n) is 13.7. The number of hydrogen-bond donors (Lipinski definition) is 1. The van der Waals surface area contributed by atoms with Gasteiger partial charge >= 0.3 is 0 Å². The Labute approximate surface area is 125 Å². The summed E-state index contributed by atoms with van der Waals surface area (Å²) in [5.74, 6) is -0.316. The number of aliphatic hydroxyl groups is 1. The van der Waals surface area contributed by atoms with Gasteiger partial charge in [0.25, 0.3) is 0 Å². The van der Waals surface area contributed by atoms with Crippen molar-refractivity contribution in [3.63, 3.8) is 0 Å². The van der Waals surface area contributed by atoms with Crippen LogP contribution in [0.5, 0.6) is 0 Å². The monoisotopic (exact) mass is 286 g/mol. The molecule has 1 atom stereocenters. The van der Waals surface area contributed by atoms with Crippen molar-refractivity contribution in [3.8, 4) is 0 Å². The van der Waals surface area contributed by atoms with E-state index in [1.54, 1.807) is 0 Å². The molecule has 0 amide bonds. The molecule has 0 spiro atoms. The van der Waals surface area contributed by atoms with Crippen molar-refractivity contribution in [2.24, 2.45) is 0 Å². The van der Waals surface area contributed by atoms with E-state index in [0.717, 1.165) is 45.3 Å². The normalized spacial score (nSPS) is 21.0. The molecule has 1 heterocycles. The minimum Gasteiger partial charge on any atom is -0.390 e. The minimum atomic E-state index is -0.449. The largest absolute Gasteiger partial charge is 0.390 e. The first-order chi connectivity index (χ1) is 9.47. The lowest BCUT2D eigenvalue weighted by molar-refractivity contribution is -0.147. The molecule has 1 aliphatic heterocycles. The van der Waals surface area contributed by atoms with E-state index in [9.17, 15) is 5.11 Å². The Hall–Kier alpha value is -0.120. The Balaban J connectivity index is 1.94. The van der Waals surface area contributed by atoms with Crippen molar-refractivity contribution in [1.82, 2.24) is 0 Å². The summed E-state index contributed by atoms with van der Waals surface area (Å²) in [6.45, 7) is 7.68. The third-order valence-electron chi connectivity index (χ3n) is 4.31. The predicted molar refractivity (Wildman–Crippen MR) is 82.8 cm³/mol. The van der Waals surface area contributed by atoms with Crippen LogP contribution in [-0.4, -0.2) is 29.7 Å². The molecule has 0 saturated carbocycles. The van der Waals surface area contributed by atoms with Crippen molar-refractivity contribution in [1.29, 1.82) is 0 Å². The summed E-state index contributed by atoms with van der Waals surface area (Å²) in [4.78, 5) is 0. The fraction of sp³-hybridized carbons (Fsp3) is 1.00. The second-order valence-electron chi connectivity index (χ2n) is 6.70. The molecule has 0 aromatic heterocycles. The van der Waals surface area contributed by atoms with E-state index >= 15 is 0 Å². The van der Waals surface area contributed by atoms with Gasteiger partial charge in [-0.15, -0.1) is 0 Å². The highest BCUT2D eigenvalue weighted by atomic mass is 16.7. The van der Waals surface area contributed by atoms with Gasteiger partial charge in [0.2, 0.25) is 0 Å². The van der Waals surface area contributed by atoms with Crippen LogP contribution in [0.1, 0.15) is 85.0 Å². The summed E-state index contributed by atoms with van der Waals surface area (Å²) in [6.07, 6.45) is 11.2. The van der Waals surface area contributed by atoms with Gasteiger partial charge in [-0.2, -0.15) is 0 Å². The van der Waals surface area contributed by atoms with Gasteiger partial charge in [-0.3, -0.25) is 0 Å².